The summed E-state index contributed by atoms with van der Waals surface area (Å²) in [7, 11) is 0. The number of benzene rings is 1. The Balaban J connectivity index is 0.00000162. The molecule has 1 aliphatic heterocycles. The summed E-state index contributed by atoms with van der Waals surface area (Å²) >= 11 is 14.8. The van der Waals surface area contributed by atoms with E-state index >= 15 is 0 Å². The van der Waals surface area contributed by atoms with Gasteiger partial charge >= 0.3 is 0 Å². The van der Waals surface area contributed by atoms with Crippen LogP contribution in [-0.4, -0.2) is 10.1 Å². The van der Waals surface area contributed by atoms with E-state index in [2.05, 4.69) is 24.0 Å². The minimum absolute atomic E-state index is 0. The lowest BCUT2D eigenvalue weighted by Gasteiger charge is -2.06. The second kappa shape index (κ2) is 7.71. The van der Waals surface area contributed by atoms with Crippen LogP contribution in [0.2, 0.25) is 0 Å². The molecule has 0 bridgehead atoms. The fourth-order valence-corrected chi connectivity index (χ4v) is 4.19. The Morgan fingerprint density at radius 2 is 1.94 bits per heavy atom. The molecule has 98 valence electrons. The minimum Gasteiger partial charge on any atom is -0.264 e. The molecule has 0 aliphatic carbocycles. The zero-order valence-electron chi connectivity index (χ0n) is 9.60. The molecule has 0 saturated carbocycles. The first-order valence-corrected chi connectivity index (χ1v) is 7.70. The maximum absolute atomic E-state index is 5.76. The monoisotopic (exact) mass is 339 g/mol. The Morgan fingerprint density at radius 3 is 2.50 bits per heavy atom. The van der Waals surface area contributed by atoms with Crippen molar-refractivity contribution in [2.24, 2.45) is 4.99 Å². The highest BCUT2D eigenvalue weighted by molar-refractivity contribution is 8.43. The summed E-state index contributed by atoms with van der Waals surface area (Å²) in [6.45, 7) is 2.09. The normalized spacial score (nSPS) is 18.6. The maximum Gasteiger partial charge on any atom is 0.130 e. The van der Waals surface area contributed by atoms with E-state index in [9.17, 15) is 0 Å². The van der Waals surface area contributed by atoms with Crippen molar-refractivity contribution in [3.8, 4) is 0 Å². The zero-order chi connectivity index (χ0) is 12.3. The lowest BCUT2D eigenvalue weighted by atomic mass is 10.1. The SMILES string of the molecule is CC(N=C1SCC(=C(Cl)Cl)S1)c1ccccc1.Cl. The van der Waals surface area contributed by atoms with Crippen LogP contribution < -0.4 is 0 Å². The molecule has 6 heteroatoms. The van der Waals surface area contributed by atoms with Crippen LogP contribution in [0.25, 0.3) is 0 Å². The number of nitrogens with zero attached hydrogens (tertiary/aromatic N) is 1. The second-order valence-corrected chi connectivity index (χ2v) is 6.81. The summed E-state index contributed by atoms with van der Waals surface area (Å²) in [6, 6.07) is 10.4. The molecule has 0 spiro atoms. The number of hydrogen-bond acceptors (Lipinski definition) is 3. The molecule has 1 aromatic carbocycles. The summed E-state index contributed by atoms with van der Waals surface area (Å²) in [5.41, 5.74) is 1.22. The summed E-state index contributed by atoms with van der Waals surface area (Å²) in [6.07, 6.45) is 0. The predicted octanol–water partition coefficient (Wildman–Crippen LogP) is 5.65. The van der Waals surface area contributed by atoms with Gasteiger partial charge < -0.3 is 0 Å². The molecule has 1 aromatic rings. The van der Waals surface area contributed by atoms with Crippen molar-refractivity contribution < 1.29 is 0 Å². The quantitative estimate of drug-likeness (QED) is 0.689. The van der Waals surface area contributed by atoms with E-state index < -0.39 is 0 Å². The first kappa shape index (κ1) is 16.3. The van der Waals surface area contributed by atoms with Gasteiger partial charge in [0.2, 0.25) is 0 Å². The van der Waals surface area contributed by atoms with Crippen molar-refractivity contribution in [2.45, 2.75) is 13.0 Å². The molecule has 1 nitrogen and oxygen atoms in total. The molecule has 1 aliphatic rings. The average Bonchev–Trinajstić information content (AvgIpc) is 2.79. The molecule has 1 heterocycles. The lowest BCUT2D eigenvalue weighted by molar-refractivity contribution is 0.826. The van der Waals surface area contributed by atoms with Gasteiger partial charge in [0.25, 0.3) is 0 Å². The second-order valence-electron chi connectivity index (χ2n) is 3.56. The van der Waals surface area contributed by atoms with Crippen LogP contribution >= 0.6 is 59.1 Å². The van der Waals surface area contributed by atoms with E-state index in [4.69, 9.17) is 23.2 Å². The van der Waals surface area contributed by atoms with E-state index in [1.165, 1.54) is 5.56 Å². The Hall–Kier alpha value is 0.200. The lowest BCUT2D eigenvalue weighted by Crippen LogP contribution is -1.91. The van der Waals surface area contributed by atoms with E-state index in [1.807, 2.05) is 18.2 Å². The molecule has 0 radical (unpaired) electrons. The van der Waals surface area contributed by atoms with Crippen molar-refractivity contribution in [3.05, 3.63) is 45.3 Å². The Kier molecular flexibility index (Phi) is 6.96. The van der Waals surface area contributed by atoms with Gasteiger partial charge in [-0.15, -0.1) is 12.4 Å². The van der Waals surface area contributed by atoms with Gasteiger partial charge in [-0.1, -0.05) is 77.1 Å². The van der Waals surface area contributed by atoms with Gasteiger partial charge in [0.05, 0.1) is 6.04 Å². The largest absolute Gasteiger partial charge is 0.264 e. The van der Waals surface area contributed by atoms with E-state index in [0.717, 1.165) is 15.0 Å². The third-order valence-corrected chi connectivity index (χ3v) is 5.46. The van der Waals surface area contributed by atoms with Crippen LogP contribution in [0.15, 0.2) is 44.7 Å². The molecule has 0 amide bonds. The van der Waals surface area contributed by atoms with Crippen LogP contribution in [-0.2, 0) is 0 Å². The number of hydrogen-bond donors (Lipinski definition) is 0. The Morgan fingerprint density at radius 1 is 1.28 bits per heavy atom. The third-order valence-electron chi connectivity index (χ3n) is 2.33. The van der Waals surface area contributed by atoms with Crippen molar-refractivity contribution in [3.63, 3.8) is 0 Å². The third kappa shape index (κ3) is 4.39. The maximum atomic E-state index is 5.76. The minimum atomic E-state index is 0. The summed E-state index contributed by atoms with van der Waals surface area (Å²) in [5, 5.41) is 0. The summed E-state index contributed by atoms with van der Waals surface area (Å²) in [4.78, 5) is 5.67. The average molecular weight is 341 g/mol. The molecule has 0 aromatic heterocycles. The van der Waals surface area contributed by atoms with Gasteiger partial charge in [-0.25, -0.2) is 0 Å². The standard InChI is InChI=1S/C12H11Cl2NS2.ClH/c1-8(9-5-3-2-4-6-9)15-12-16-7-10(17-12)11(13)14;/h2-6,8H,7H2,1H3;1H. The fraction of sp³-hybridized carbons (Fsp3) is 0.250. The summed E-state index contributed by atoms with van der Waals surface area (Å²) < 4.78 is 1.40. The molecule has 1 unspecified atom stereocenters. The highest BCUT2D eigenvalue weighted by Gasteiger charge is 2.19. The topological polar surface area (TPSA) is 12.4 Å². The van der Waals surface area contributed by atoms with Crippen molar-refractivity contribution in [2.75, 3.05) is 5.75 Å². The molecule has 1 saturated heterocycles. The van der Waals surface area contributed by atoms with Crippen molar-refractivity contribution in [1.82, 2.24) is 0 Å². The smallest absolute Gasteiger partial charge is 0.130 e. The molecular formula is C12H12Cl3NS2. The van der Waals surface area contributed by atoms with Gasteiger partial charge in [-0.2, -0.15) is 0 Å². The van der Waals surface area contributed by atoms with Gasteiger partial charge in [-0.3, -0.25) is 4.99 Å². The number of aliphatic imine (C=N–C) groups is 1. The fourth-order valence-electron chi connectivity index (χ4n) is 1.41. The predicted molar refractivity (Wildman–Crippen MR) is 88.3 cm³/mol. The highest BCUT2D eigenvalue weighted by Crippen LogP contribution is 2.41. The van der Waals surface area contributed by atoms with Crippen LogP contribution in [0.4, 0.5) is 0 Å². The Labute approximate surface area is 132 Å². The molecule has 18 heavy (non-hydrogen) atoms. The van der Waals surface area contributed by atoms with Crippen molar-refractivity contribution >= 4 is 63.5 Å². The zero-order valence-corrected chi connectivity index (χ0v) is 13.6. The highest BCUT2D eigenvalue weighted by atomic mass is 35.5. The summed E-state index contributed by atoms with van der Waals surface area (Å²) in [5.74, 6) is 0.827. The van der Waals surface area contributed by atoms with Crippen molar-refractivity contribution in [1.29, 1.82) is 0 Å². The van der Waals surface area contributed by atoms with Gasteiger partial charge in [0.1, 0.15) is 8.87 Å². The van der Waals surface area contributed by atoms with Crippen LogP contribution in [0.3, 0.4) is 0 Å². The Bertz CT molecular complexity index is 456. The van der Waals surface area contributed by atoms with E-state index in [1.54, 1.807) is 23.5 Å². The number of thioether (sulfide) groups is 2. The molecule has 2 rings (SSSR count). The first-order valence-electron chi connectivity index (χ1n) is 5.14. The van der Waals surface area contributed by atoms with E-state index in [0.29, 0.717) is 4.49 Å². The molecular weight excluding hydrogens is 329 g/mol. The van der Waals surface area contributed by atoms with Crippen LogP contribution in [0.5, 0.6) is 0 Å². The first-order chi connectivity index (χ1) is 8.16. The molecule has 0 N–H and O–H groups in total. The van der Waals surface area contributed by atoms with Gasteiger partial charge in [-0.05, 0) is 12.5 Å². The number of halogens is 3. The van der Waals surface area contributed by atoms with Gasteiger partial charge in [0.15, 0.2) is 0 Å². The molecule has 1 fully saturated rings. The van der Waals surface area contributed by atoms with Gasteiger partial charge in [0, 0.05) is 10.7 Å². The molecule has 1 atom stereocenters. The van der Waals surface area contributed by atoms with Crippen LogP contribution in [0.1, 0.15) is 18.5 Å². The number of rotatable bonds is 2. The van der Waals surface area contributed by atoms with Crippen LogP contribution in [0, 0.1) is 0 Å². The van der Waals surface area contributed by atoms with E-state index in [-0.39, 0.29) is 18.4 Å².